The fourth-order valence-corrected chi connectivity index (χ4v) is 10.5. The normalized spacial score (nSPS) is 49.4. The van der Waals surface area contributed by atoms with Gasteiger partial charge in [0.1, 0.15) is 6.10 Å². The Labute approximate surface area is 228 Å². The average molecular weight is 519 g/mol. The molecule has 6 aliphatic rings. The maximum absolute atomic E-state index is 12.7. The first-order chi connectivity index (χ1) is 18.2. The molecule has 7 rings (SSSR count). The van der Waals surface area contributed by atoms with Crippen molar-refractivity contribution in [2.45, 2.75) is 103 Å². The molecule has 11 atom stereocenters. The second kappa shape index (κ2) is 8.93. The van der Waals surface area contributed by atoms with Crippen LogP contribution in [0.3, 0.4) is 0 Å². The third kappa shape index (κ3) is 3.65. The molecule has 0 radical (unpaired) electrons. The average Bonchev–Trinajstić information content (AvgIpc) is 3.36. The summed E-state index contributed by atoms with van der Waals surface area (Å²) in [6, 6.07) is 9.45. The molecule has 0 aromatic heterocycles. The predicted octanol–water partition coefficient (Wildman–Crippen LogP) is 7.58. The van der Waals surface area contributed by atoms with Crippen molar-refractivity contribution in [2.75, 3.05) is 6.61 Å². The smallest absolute Gasteiger partial charge is 0.338 e. The number of esters is 1. The first kappa shape index (κ1) is 25.3. The molecule has 4 aliphatic carbocycles. The number of allylic oxidation sites excluding steroid dienone is 1. The molecule has 0 bridgehead atoms. The summed E-state index contributed by atoms with van der Waals surface area (Å²) in [4.78, 5) is 12.7. The summed E-state index contributed by atoms with van der Waals surface area (Å²) in [5.41, 5.74) is 2.81. The van der Waals surface area contributed by atoms with Gasteiger partial charge in [0.05, 0.1) is 18.3 Å². The largest absolute Gasteiger partial charge is 0.458 e. The Morgan fingerprint density at radius 3 is 2.58 bits per heavy atom. The van der Waals surface area contributed by atoms with Crippen LogP contribution in [-0.4, -0.2) is 30.6 Å². The van der Waals surface area contributed by atoms with Crippen molar-refractivity contribution < 1.29 is 19.0 Å². The predicted molar refractivity (Wildman–Crippen MR) is 147 cm³/mol. The molecule has 1 aromatic carbocycles. The summed E-state index contributed by atoms with van der Waals surface area (Å²) in [6.45, 7) is 10.7. The van der Waals surface area contributed by atoms with Crippen LogP contribution in [0, 0.1) is 46.3 Å². The molecule has 4 heteroatoms. The van der Waals surface area contributed by atoms with Gasteiger partial charge in [-0.25, -0.2) is 4.79 Å². The van der Waals surface area contributed by atoms with Crippen molar-refractivity contribution in [2.24, 2.45) is 46.3 Å². The Hall–Kier alpha value is -1.65. The molecule has 1 spiro atoms. The summed E-state index contributed by atoms with van der Waals surface area (Å²) in [7, 11) is 0. The van der Waals surface area contributed by atoms with E-state index in [1.807, 2.05) is 30.3 Å². The second-order valence-corrected chi connectivity index (χ2v) is 14.4. The fourth-order valence-electron chi connectivity index (χ4n) is 10.5. The van der Waals surface area contributed by atoms with Crippen LogP contribution in [0.2, 0.25) is 0 Å². The minimum Gasteiger partial charge on any atom is -0.458 e. The van der Waals surface area contributed by atoms with E-state index in [0.29, 0.717) is 34.8 Å². The molecule has 206 valence electrons. The van der Waals surface area contributed by atoms with E-state index in [9.17, 15) is 4.79 Å². The maximum Gasteiger partial charge on any atom is 0.338 e. The van der Waals surface area contributed by atoms with Gasteiger partial charge in [0, 0.05) is 18.8 Å². The monoisotopic (exact) mass is 518 g/mol. The van der Waals surface area contributed by atoms with Crippen molar-refractivity contribution in [1.29, 1.82) is 0 Å². The lowest BCUT2D eigenvalue weighted by atomic mass is 9.47. The maximum atomic E-state index is 12.7. The molecule has 38 heavy (non-hydrogen) atoms. The molecule has 1 aromatic rings. The van der Waals surface area contributed by atoms with Crippen molar-refractivity contribution in [3.8, 4) is 0 Å². The van der Waals surface area contributed by atoms with Crippen LogP contribution in [0.25, 0.3) is 0 Å². The van der Waals surface area contributed by atoms with Crippen molar-refractivity contribution in [1.82, 2.24) is 0 Å². The van der Waals surface area contributed by atoms with Crippen LogP contribution in [0.1, 0.15) is 95.8 Å². The van der Waals surface area contributed by atoms with Gasteiger partial charge in [0.25, 0.3) is 0 Å². The lowest BCUT2D eigenvalue weighted by Crippen LogP contribution is -2.52. The lowest BCUT2D eigenvalue weighted by molar-refractivity contribution is -0.272. The number of hydrogen-bond acceptors (Lipinski definition) is 4. The van der Waals surface area contributed by atoms with E-state index >= 15 is 0 Å². The van der Waals surface area contributed by atoms with E-state index in [0.717, 1.165) is 50.0 Å². The van der Waals surface area contributed by atoms with E-state index in [-0.39, 0.29) is 23.3 Å². The highest BCUT2D eigenvalue weighted by molar-refractivity contribution is 5.89. The number of carbonyl (C=O) groups is 1. The standard InChI is InChI=1S/C34H46O4/c1-21-12-17-34(36-20-21)22(2)30-29(38-34)19-28-26-11-10-24-18-25(37-31(35)23-8-6-5-7-9-23)13-15-32(24,3)27(26)14-16-33(28,30)4/h5-10,21-22,25-30H,11-20H2,1-4H3/t21-,22+,25+,26+,27+,28-,29-,30+,32+,33+,34+/m1/s1. The van der Waals surface area contributed by atoms with Gasteiger partial charge in [-0.15, -0.1) is 0 Å². The molecule has 3 saturated carbocycles. The number of fused-ring (bicyclic) bond motifs is 7. The minimum absolute atomic E-state index is 0.00178. The highest BCUT2D eigenvalue weighted by atomic mass is 16.7. The van der Waals surface area contributed by atoms with Crippen LogP contribution in [0.4, 0.5) is 0 Å². The molecule has 5 fully saturated rings. The minimum atomic E-state index is -0.326. The molecule has 0 unspecified atom stereocenters. The van der Waals surface area contributed by atoms with Crippen LogP contribution in [-0.2, 0) is 14.2 Å². The van der Waals surface area contributed by atoms with E-state index in [1.54, 1.807) is 5.57 Å². The van der Waals surface area contributed by atoms with Crippen molar-refractivity contribution in [3.63, 3.8) is 0 Å². The summed E-state index contributed by atoms with van der Waals surface area (Å²) < 4.78 is 19.5. The highest BCUT2D eigenvalue weighted by Crippen LogP contribution is 2.70. The molecule has 2 aliphatic heterocycles. The summed E-state index contributed by atoms with van der Waals surface area (Å²) in [5, 5.41) is 0. The van der Waals surface area contributed by atoms with Gasteiger partial charge in [-0.05, 0) is 97.5 Å². The molecule has 0 N–H and O–H groups in total. The SMILES string of the molecule is C[C@@H]1CC[C@]2(OC1)O[C@@H]1C[C@@H]3[C@H]4CC=C5C[C@@H](OC(=O)c6ccccc6)CC[C@]5(C)[C@H]4CC[C@]3(C)[C@H]1[C@@H]2C. The molecular weight excluding hydrogens is 472 g/mol. The summed E-state index contributed by atoms with van der Waals surface area (Å²) in [6.07, 6.45) is 13.3. The van der Waals surface area contributed by atoms with E-state index in [4.69, 9.17) is 14.2 Å². The van der Waals surface area contributed by atoms with Gasteiger partial charge in [-0.1, -0.05) is 57.5 Å². The van der Waals surface area contributed by atoms with E-state index < -0.39 is 0 Å². The van der Waals surface area contributed by atoms with Crippen molar-refractivity contribution >= 4 is 5.97 Å². The Morgan fingerprint density at radius 2 is 1.82 bits per heavy atom. The van der Waals surface area contributed by atoms with Crippen LogP contribution in [0.5, 0.6) is 0 Å². The number of benzene rings is 1. The Bertz CT molecular complexity index is 1100. The van der Waals surface area contributed by atoms with Crippen LogP contribution in [0.15, 0.2) is 42.0 Å². The third-order valence-corrected chi connectivity index (χ3v) is 12.6. The topological polar surface area (TPSA) is 44.8 Å². The Morgan fingerprint density at radius 1 is 1.00 bits per heavy atom. The fraction of sp³-hybridized carbons (Fsp3) is 0.735. The number of ether oxygens (including phenoxy) is 3. The van der Waals surface area contributed by atoms with Crippen LogP contribution < -0.4 is 0 Å². The number of carbonyl (C=O) groups excluding carboxylic acids is 1. The zero-order valence-electron chi connectivity index (χ0n) is 23.8. The van der Waals surface area contributed by atoms with Gasteiger partial charge in [0.2, 0.25) is 0 Å². The molecule has 0 amide bonds. The zero-order valence-corrected chi connectivity index (χ0v) is 23.8. The quantitative estimate of drug-likeness (QED) is 0.299. The molecular formula is C34H46O4. The van der Waals surface area contributed by atoms with Gasteiger partial charge < -0.3 is 14.2 Å². The lowest BCUT2D eigenvalue weighted by Gasteiger charge is -2.58. The van der Waals surface area contributed by atoms with Crippen LogP contribution >= 0.6 is 0 Å². The highest BCUT2D eigenvalue weighted by Gasteiger charge is 2.68. The van der Waals surface area contributed by atoms with E-state index in [2.05, 4.69) is 33.8 Å². The first-order valence-electron chi connectivity index (χ1n) is 15.5. The van der Waals surface area contributed by atoms with Gasteiger partial charge >= 0.3 is 5.97 Å². The zero-order chi connectivity index (χ0) is 26.3. The Balaban J connectivity index is 1.08. The number of rotatable bonds is 2. The molecule has 2 heterocycles. The second-order valence-electron chi connectivity index (χ2n) is 14.4. The third-order valence-electron chi connectivity index (χ3n) is 12.6. The summed E-state index contributed by atoms with van der Waals surface area (Å²) >= 11 is 0. The van der Waals surface area contributed by atoms with Gasteiger partial charge in [0.15, 0.2) is 5.79 Å². The van der Waals surface area contributed by atoms with Gasteiger partial charge in [-0.2, -0.15) is 0 Å². The summed E-state index contributed by atoms with van der Waals surface area (Å²) in [5.74, 6) is 3.46. The number of hydrogen-bond donors (Lipinski definition) is 0. The van der Waals surface area contributed by atoms with E-state index in [1.165, 1.54) is 32.1 Å². The Kier molecular flexibility index (Phi) is 5.95. The first-order valence-corrected chi connectivity index (χ1v) is 15.5. The molecule has 4 nitrogen and oxygen atoms in total. The van der Waals surface area contributed by atoms with Crippen molar-refractivity contribution in [3.05, 3.63) is 47.5 Å². The van der Waals surface area contributed by atoms with Gasteiger partial charge in [-0.3, -0.25) is 0 Å². The molecule has 2 saturated heterocycles.